The number of anilines is 1. The maximum atomic E-state index is 13.1. The number of rotatable bonds is 4. The summed E-state index contributed by atoms with van der Waals surface area (Å²) >= 11 is 1.53. The van der Waals surface area contributed by atoms with Crippen molar-refractivity contribution in [2.45, 2.75) is 25.7 Å². The van der Waals surface area contributed by atoms with Crippen molar-refractivity contribution < 1.29 is 9.18 Å². The molecule has 0 saturated carbocycles. The van der Waals surface area contributed by atoms with Crippen LogP contribution in [0.3, 0.4) is 0 Å². The van der Waals surface area contributed by atoms with E-state index in [1.54, 1.807) is 16.8 Å². The average molecular weight is 385 g/mol. The molecule has 0 unspecified atom stereocenters. The zero-order valence-electron chi connectivity index (χ0n) is 14.9. The van der Waals surface area contributed by atoms with Gasteiger partial charge in [-0.2, -0.15) is 5.10 Å². The summed E-state index contributed by atoms with van der Waals surface area (Å²) in [6.45, 7) is 3.85. The van der Waals surface area contributed by atoms with E-state index in [1.807, 2.05) is 13.1 Å². The summed E-state index contributed by atoms with van der Waals surface area (Å²) in [5.41, 5.74) is 1.86. The van der Waals surface area contributed by atoms with Crippen LogP contribution in [-0.4, -0.2) is 33.8 Å². The predicted octanol–water partition coefficient (Wildman–Crippen LogP) is 3.50. The molecule has 3 aromatic rings. The van der Waals surface area contributed by atoms with Crippen LogP contribution in [0.15, 0.2) is 36.7 Å². The Hall–Kier alpha value is -2.58. The maximum absolute atomic E-state index is 13.1. The number of hydrogen-bond acceptors (Lipinski definition) is 5. The number of benzene rings is 1. The van der Waals surface area contributed by atoms with Gasteiger partial charge in [0.15, 0.2) is 5.13 Å². The van der Waals surface area contributed by atoms with E-state index in [1.165, 1.54) is 34.5 Å². The van der Waals surface area contributed by atoms with Gasteiger partial charge >= 0.3 is 0 Å². The van der Waals surface area contributed by atoms with Crippen LogP contribution in [-0.2, 0) is 0 Å². The van der Waals surface area contributed by atoms with E-state index in [9.17, 15) is 9.18 Å². The first kappa shape index (κ1) is 17.8. The van der Waals surface area contributed by atoms with Crippen LogP contribution >= 0.6 is 11.3 Å². The first-order valence-corrected chi connectivity index (χ1v) is 9.72. The van der Waals surface area contributed by atoms with E-state index >= 15 is 0 Å². The molecule has 4 rings (SSSR count). The Bertz CT molecular complexity index is 943. The lowest BCUT2D eigenvalue weighted by atomic mass is 9.97. The largest absolute Gasteiger partial charge is 0.317 e. The number of amides is 1. The minimum atomic E-state index is -0.310. The van der Waals surface area contributed by atoms with Crippen LogP contribution < -0.4 is 10.6 Å². The lowest BCUT2D eigenvalue weighted by Gasteiger charge is -2.20. The van der Waals surface area contributed by atoms with Gasteiger partial charge in [-0.25, -0.2) is 14.1 Å². The highest BCUT2D eigenvalue weighted by Crippen LogP contribution is 2.32. The molecule has 2 aromatic heterocycles. The van der Waals surface area contributed by atoms with Crippen LogP contribution in [0, 0.1) is 12.7 Å². The van der Waals surface area contributed by atoms with Crippen LogP contribution in [0.5, 0.6) is 0 Å². The van der Waals surface area contributed by atoms with E-state index in [0.717, 1.165) is 25.9 Å². The molecule has 1 aromatic carbocycles. The Kier molecular flexibility index (Phi) is 5.00. The molecule has 0 atom stereocenters. The van der Waals surface area contributed by atoms with Crippen LogP contribution in [0.1, 0.15) is 39.7 Å². The minimum absolute atomic E-state index is 0.243. The number of piperidine rings is 1. The molecule has 1 aliphatic rings. The van der Waals surface area contributed by atoms with Crippen LogP contribution in [0.4, 0.5) is 9.52 Å². The summed E-state index contributed by atoms with van der Waals surface area (Å²) in [7, 11) is 0. The molecule has 27 heavy (non-hydrogen) atoms. The highest BCUT2D eigenvalue weighted by molar-refractivity contribution is 7.15. The van der Waals surface area contributed by atoms with E-state index < -0.39 is 0 Å². The molecule has 2 N–H and O–H groups in total. The van der Waals surface area contributed by atoms with Crippen LogP contribution in [0.2, 0.25) is 0 Å². The van der Waals surface area contributed by atoms with Crippen molar-refractivity contribution >= 4 is 22.4 Å². The quantitative estimate of drug-likeness (QED) is 0.721. The molecule has 1 aliphatic heterocycles. The molecule has 1 saturated heterocycles. The summed E-state index contributed by atoms with van der Waals surface area (Å²) in [5, 5.41) is 11.1. The Balaban J connectivity index is 1.49. The van der Waals surface area contributed by atoms with E-state index in [4.69, 9.17) is 0 Å². The molecular formula is C19H20FN5OS. The lowest BCUT2D eigenvalue weighted by Crippen LogP contribution is -2.26. The predicted molar refractivity (Wildman–Crippen MR) is 103 cm³/mol. The molecule has 0 radical (unpaired) electrons. The van der Waals surface area contributed by atoms with Crippen molar-refractivity contribution in [1.82, 2.24) is 20.1 Å². The fourth-order valence-electron chi connectivity index (χ4n) is 3.28. The molecule has 3 heterocycles. The second-order valence-electron chi connectivity index (χ2n) is 6.58. The fourth-order valence-corrected chi connectivity index (χ4v) is 4.26. The number of nitrogens with zero attached hydrogens (tertiary/aromatic N) is 3. The summed E-state index contributed by atoms with van der Waals surface area (Å²) in [6.07, 6.45) is 5.58. The SMILES string of the molecule is Cc1c(C(=O)Nc2ncc(C3CCNCC3)s2)cnn1-c1ccc(F)cc1. The third kappa shape index (κ3) is 3.77. The topological polar surface area (TPSA) is 71.8 Å². The number of aromatic nitrogens is 3. The maximum Gasteiger partial charge on any atom is 0.260 e. The smallest absolute Gasteiger partial charge is 0.260 e. The number of hydrogen-bond donors (Lipinski definition) is 2. The number of thiazole rings is 1. The summed E-state index contributed by atoms with van der Waals surface area (Å²) in [6, 6.07) is 5.99. The summed E-state index contributed by atoms with van der Waals surface area (Å²) in [4.78, 5) is 18.2. The molecule has 1 amide bonds. The van der Waals surface area contributed by atoms with Gasteiger partial charge in [-0.1, -0.05) is 0 Å². The molecule has 140 valence electrons. The third-order valence-corrected chi connectivity index (χ3v) is 5.89. The highest BCUT2D eigenvalue weighted by atomic mass is 32.1. The minimum Gasteiger partial charge on any atom is -0.317 e. The van der Waals surface area contributed by atoms with Gasteiger partial charge in [0.2, 0.25) is 0 Å². The van der Waals surface area contributed by atoms with Crippen molar-refractivity contribution in [1.29, 1.82) is 0 Å². The van der Waals surface area contributed by atoms with E-state index in [0.29, 0.717) is 28.0 Å². The normalized spacial score (nSPS) is 15.0. The molecule has 0 aliphatic carbocycles. The summed E-state index contributed by atoms with van der Waals surface area (Å²) in [5.74, 6) is -0.0423. The Morgan fingerprint density at radius 1 is 1.26 bits per heavy atom. The number of carbonyl (C=O) groups excluding carboxylic acids is 1. The van der Waals surface area contributed by atoms with Gasteiger partial charge in [0.25, 0.3) is 5.91 Å². The van der Waals surface area contributed by atoms with Crippen molar-refractivity contribution in [3.63, 3.8) is 0 Å². The Morgan fingerprint density at radius 3 is 2.74 bits per heavy atom. The molecule has 8 heteroatoms. The number of halogens is 1. The van der Waals surface area contributed by atoms with Gasteiger partial charge < -0.3 is 5.32 Å². The van der Waals surface area contributed by atoms with Gasteiger partial charge in [0.05, 0.1) is 23.1 Å². The first-order chi connectivity index (χ1) is 13.1. The van der Waals surface area contributed by atoms with Gasteiger partial charge in [-0.3, -0.25) is 10.1 Å². The zero-order valence-corrected chi connectivity index (χ0v) is 15.7. The monoisotopic (exact) mass is 385 g/mol. The van der Waals surface area contributed by atoms with Gasteiger partial charge in [-0.15, -0.1) is 11.3 Å². The second-order valence-corrected chi connectivity index (χ2v) is 7.64. The molecule has 1 fully saturated rings. The average Bonchev–Trinajstić information content (AvgIpc) is 3.30. The van der Waals surface area contributed by atoms with Gasteiger partial charge in [0.1, 0.15) is 5.82 Å². The van der Waals surface area contributed by atoms with Gasteiger partial charge in [0, 0.05) is 11.1 Å². The van der Waals surface area contributed by atoms with Crippen molar-refractivity contribution in [3.8, 4) is 5.69 Å². The van der Waals surface area contributed by atoms with Crippen molar-refractivity contribution in [2.24, 2.45) is 0 Å². The number of nitrogens with one attached hydrogen (secondary N) is 2. The highest BCUT2D eigenvalue weighted by Gasteiger charge is 2.20. The molecule has 0 bridgehead atoms. The van der Waals surface area contributed by atoms with Crippen LogP contribution in [0.25, 0.3) is 5.69 Å². The third-order valence-electron chi connectivity index (χ3n) is 4.81. The lowest BCUT2D eigenvalue weighted by molar-refractivity contribution is 0.102. The molecule has 6 nitrogen and oxygen atoms in total. The second kappa shape index (κ2) is 7.58. The van der Waals surface area contributed by atoms with Crippen molar-refractivity contribution in [3.05, 3.63) is 58.6 Å². The molecular weight excluding hydrogens is 365 g/mol. The molecule has 0 spiro atoms. The van der Waals surface area contributed by atoms with Gasteiger partial charge in [-0.05, 0) is 63.0 Å². The Morgan fingerprint density at radius 2 is 2.00 bits per heavy atom. The van der Waals surface area contributed by atoms with E-state index in [-0.39, 0.29) is 11.7 Å². The number of carbonyl (C=O) groups is 1. The standard InChI is InChI=1S/C19H20FN5OS/c1-12-16(10-23-25(12)15-4-2-14(20)3-5-15)18(26)24-19-22-11-17(27-19)13-6-8-21-9-7-13/h2-5,10-11,13,21H,6-9H2,1H3,(H,22,24,26). The van der Waals surface area contributed by atoms with E-state index in [2.05, 4.69) is 20.7 Å². The first-order valence-electron chi connectivity index (χ1n) is 8.90. The fraction of sp³-hybridized carbons (Fsp3) is 0.316. The van der Waals surface area contributed by atoms with Crippen molar-refractivity contribution in [2.75, 3.05) is 18.4 Å². The Labute approximate surface area is 160 Å². The summed E-state index contributed by atoms with van der Waals surface area (Å²) < 4.78 is 14.7. The zero-order chi connectivity index (χ0) is 18.8.